The number of rotatable bonds is 4. The average Bonchev–Trinajstić information content (AvgIpc) is 2.92. The first-order chi connectivity index (χ1) is 12.8. The molecule has 140 valence electrons. The van der Waals surface area contributed by atoms with Crippen molar-refractivity contribution in [1.82, 2.24) is 14.7 Å². The molecule has 0 aliphatic carbocycles. The van der Waals surface area contributed by atoms with Crippen LogP contribution in [0.2, 0.25) is 0 Å². The summed E-state index contributed by atoms with van der Waals surface area (Å²) in [6, 6.07) is 14.1. The summed E-state index contributed by atoms with van der Waals surface area (Å²) in [6.45, 7) is 10.7. The third kappa shape index (κ3) is 3.52. The van der Waals surface area contributed by atoms with E-state index >= 15 is 0 Å². The molecule has 0 fully saturated rings. The highest BCUT2D eigenvalue weighted by Crippen LogP contribution is 2.22. The number of benzene rings is 2. The molecule has 1 heterocycles. The van der Waals surface area contributed by atoms with E-state index in [0.717, 1.165) is 39.3 Å². The minimum atomic E-state index is 0.0404. The minimum absolute atomic E-state index is 0.0404. The molecular weight excluding hydrogens is 334 g/mol. The van der Waals surface area contributed by atoms with Gasteiger partial charge in [0.1, 0.15) is 0 Å². The van der Waals surface area contributed by atoms with Gasteiger partial charge in [0.15, 0.2) is 0 Å². The fraction of sp³-hybridized carbons (Fsp3) is 0.304. The summed E-state index contributed by atoms with van der Waals surface area (Å²) in [5.41, 5.74) is 8.31. The van der Waals surface area contributed by atoms with Crippen molar-refractivity contribution in [3.05, 3.63) is 81.7 Å². The molecule has 0 unspecified atom stereocenters. The van der Waals surface area contributed by atoms with Gasteiger partial charge in [0.05, 0.1) is 11.4 Å². The summed E-state index contributed by atoms with van der Waals surface area (Å²) in [5.74, 6) is 0.0404. The number of carbonyl (C=O) groups is 1. The largest absolute Gasteiger partial charge is 0.337 e. The van der Waals surface area contributed by atoms with Crippen LogP contribution in [0.15, 0.2) is 42.5 Å². The second-order valence-corrected chi connectivity index (χ2v) is 7.26. The molecule has 0 N–H and O–H groups in total. The molecule has 3 rings (SSSR count). The summed E-state index contributed by atoms with van der Waals surface area (Å²) in [4.78, 5) is 14.8. The van der Waals surface area contributed by atoms with Gasteiger partial charge in [-0.1, -0.05) is 30.3 Å². The third-order valence-corrected chi connectivity index (χ3v) is 5.36. The molecule has 4 heteroatoms. The Balaban J connectivity index is 1.91. The lowest BCUT2D eigenvalue weighted by atomic mass is 10.0. The molecule has 0 atom stereocenters. The maximum atomic E-state index is 13.0. The van der Waals surface area contributed by atoms with Gasteiger partial charge in [-0.2, -0.15) is 5.10 Å². The zero-order valence-corrected chi connectivity index (χ0v) is 17.0. The van der Waals surface area contributed by atoms with Crippen LogP contribution < -0.4 is 0 Å². The topological polar surface area (TPSA) is 38.1 Å². The number of hydrogen-bond acceptors (Lipinski definition) is 2. The maximum Gasteiger partial charge on any atom is 0.254 e. The Labute approximate surface area is 161 Å². The van der Waals surface area contributed by atoms with E-state index in [1.165, 1.54) is 5.56 Å². The number of para-hydroxylation sites is 1. The SMILES string of the molecule is Cc1ccccc1-n1nc(C)c(CN(C)C(=O)c2cccc(C)c2C)c1C. The van der Waals surface area contributed by atoms with Gasteiger partial charge in [0.2, 0.25) is 0 Å². The van der Waals surface area contributed by atoms with Gasteiger partial charge in [0.25, 0.3) is 5.91 Å². The van der Waals surface area contributed by atoms with Crippen LogP contribution >= 0.6 is 0 Å². The molecule has 0 spiro atoms. The van der Waals surface area contributed by atoms with Crippen LogP contribution in [0.25, 0.3) is 5.69 Å². The normalized spacial score (nSPS) is 10.9. The average molecular weight is 361 g/mol. The Morgan fingerprint density at radius 2 is 1.63 bits per heavy atom. The Morgan fingerprint density at radius 1 is 0.963 bits per heavy atom. The van der Waals surface area contributed by atoms with E-state index in [4.69, 9.17) is 5.10 Å². The first-order valence-electron chi connectivity index (χ1n) is 9.24. The Kier molecular flexibility index (Phi) is 5.17. The van der Waals surface area contributed by atoms with Crippen molar-refractivity contribution < 1.29 is 4.79 Å². The maximum absolute atomic E-state index is 13.0. The minimum Gasteiger partial charge on any atom is -0.337 e. The summed E-state index contributed by atoms with van der Waals surface area (Å²) >= 11 is 0. The summed E-state index contributed by atoms with van der Waals surface area (Å²) in [6.07, 6.45) is 0. The van der Waals surface area contributed by atoms with E-state index in [1.54, 1.807) is 4.90 Å². The van der Waals surface area contributed by atoms with E-state index < -0.39 is 0 Å². The number of carbonyl (C=O) groups excluding carboxylic acids is 1. The Hall–Kier alpha value is -2.88. The van der Waals surface area contributed by atoms with Crippen molar-refractivity contribution in [2.75, 3.05) is 7.05 Å². The van der Waals surface area contributed by atoms with Crippen LogP contribution in [0, 0.1) is 34.6 Å². The smallest absolute Gasteiger partial charge is 0.254 e. The highest BCUT2D eigenvalue weighted by Gasteiger charge is 2.20. The van der Waals surface area contributed by atoms with Crippen molar-refractivity contribution >= 4 is 5.91 Å². The second kappa shape index (κ2) is 7.39. The molecule has 0 saturated carbocycles. The van der Waals surface area contributed by atoms with Gasteiger partial charge in [-0.15, -0.1) is 0 Å². The highest BCUT2D eigenvalue weighted by molar-refractivity contribution is 5.95. The fourth-order valence-corrected chi connectivity index (χ4v) is 3.44. The number of aryl methyl sites for hydroxylation is 3. The molecule has 0 bridgehead atoms. The van der Waals surface area contributed by atoms with Crippen molar-refractivity contribution in [3.63, 3.8) is 0 Å². The van der Waals surface area contributed by atoms with E-state index in [2.05, 4.69) is 26.0 Å². The first kappa shape index (κ1) is 18.9. The van der Waals surface area contributed by atoms with Gasteiger partial charge in [-0.05, 0) is 63.4 Å². The fourth-order valence-electron chi connectivity index (χ4n) is 3.44. The number of nitrogens with zero attached hydrogens (tertiary/aromatic N) is 3. The van der Waals surface area contributed by atoms with Crippen LogP contribution in [-0.4, -0.2) is 27.6 Å². The van der Waals surface area contributed by atoms with Gasteiger partial charge in [-0.25, -0.2) is 4.68 Å². The molecule has 2 aromatic carbocycles. The number of hydrogen-bond donors (Lipinski definition) is 0. The standard InChI is InChI=1S/C23H27N3O/c1-15-11-9-12-20(17(15)3)23(27)25(6)14-21-18(4)24-26(19(21)5)22-13-8-7-10-16(22)2/h7-13H,14H2,1-6H3. The zero-order chi connectivity index (χ0) is 19.7. The molecule has 0 saturated heterocycles. The van der Waals surface area contributed by atoms with E-state index in [0.29, 0.717) is 6.54 Å². The lowest BCUT2D eigenvalue weighted by Crippen LogP contribution is -2.27. The van der Waals surface area contributed by atoms with Crippen LogP contribution in [0.1, 0.15) is 44.0 Å². The molecule has 1 aromatic heterocycles. The summed E-state index contributed by atoms with van der Waals surface area (Å²) in [7, 11) is 1.86. The molecule has 4 nitrogen and oxygen atoms in total. The molecule has 27 heavy (non-hydrogen) atoms. The van der Waals surface area contributed by atoms with E-state index in [1.807, 2.05) is 62.8 Å². The van der Waals surface area contributed by atoms with E-state index in [-0.39, 0.29) is 5.91 Å². The molecule has 1 amide bonds. The van der Waals surface area contributed by atoms with Crippen LogP contribution in [-0.2, 0) is 6.54 Å². The lowest BCUT2D eigenvalue weighted by molar-refractivity contribution is 0.0784. The zero-order valence-electron chi connectivity index (χ0n) is 17.0. The molecule has 3 aromatic rings. The van der Waals surface area contributed by atoms with Crippen LogP contribution in [0.3, 0.4) is 0 Å². The van der Waals surface area contributed by atoms with Crippen molar-refractivity contribution in [2.24, 2.45) is 0 Å². The van der Waals surface area contributed by atoms with Gasteiger partial charge < -0.3 is 4.90 Å². The van der Waals surface area contributed by atoms with Crippen LogP contribution in [0.5, 0.6) is 0 Å². The van der Waals surface area contributed by atoms with Crippen molar-refractivity contribution in [3.8, 4) is 5.69 Å². The molecular formula is C23H27N3O. The van der Waals surface area contributed by atoms with E-state index in [9.17, 15) is 4.79 Å². The summed E-state index contributed by atoms with van der Waals surface area (Å²) < 4.78 is 1.98. The molecule has 0 radical (unpaired) electrons. The predicted octanol–water partition coefficient (Wildman–Crippen LogP) is 4.69. The van der Waals surface area contributed by atoms with Crippen LogP contribution in [0.4, 0.5) is 0 Å². The highest BCUT2D eigenvalue weighted by atomic mass is 16.2. The monoisotopic (exact) mass is 361 g/mol. The first-order valence-corrected chi connectivity index (χ1v) is 9.24. The number of amides is 1. The summed E-state index contributed by atoms with van der Waals surface area (Å²) in [5, 5.41) is 4.74. The molecule has 0 aliphatic heterocycles. The van der Waals surface area contributed by atoms with Crippen molar-refractivity contribution in [1.29, 1.82) is 0 Å². The quantitative estimate of drug-likeness (QED) is 0.676. The second-order valence-electron chi connectivity index (χ2n) is 7.26. The lowest BCUT2D eigenvalue weighted by Gasteiger charge is -2.19. The Morgan fingerprint density at radius 3 is 2.33 bits per heavy atom. The molecule has 0 aliphatic rings. The number of aromatic nitrogens is 2. The Bertz CT molecular complexity index is 1000. The third-order valence-electron chi connectivity index (χ3n) is 5.36. The van der Waals surface area contributed by atoms with Gasteiger partial charge in [-0.3, -0.25) is 4.79 Å². The van der Waals surface area contributed by atoms with Gasteiger partial charge in [0, 0.05) is 30.4 Å². The predicted molar refractivity (Wildman–Crippen MR) is 109 cm³/mol. The van der Waals surface area contributed by atoms with Crippen molar-refractivity contribution in [2.45, 2.75) is 41.2 Å². The van der Waals surface area contributed by atoms with Gasteiger partial charge >= 0.3 is 0 Å².